The van der Waals surface area contributed by atoms with Crippen LogP contribution in [0.15, 0.2) is 24.3 Å². The minimum atomic E-state index is -0.782. The predicted octanol–water partition coefficient (Wildman–Crippen LogP) is 5.92. The first-order valence-corrected chi connectivity index (χ1v) is 10.4. The summed E-state index contributed by atoms with van der Waals surface area (Å²) in [5.74, 6) is -0.606. The Kier molecular flexibility index (Phi) is 8.77. The molecule has 4 nitrogen and oxygen atoms in total. The summed E-state index contributed by atoms with van der Waals surface area (Å²) >= 11 is 0. The molecule has 4 atom stereocenters. The van der Waals surface area contributed by atoms with Crippen molar-refractivity contribution in [3.05, 3.63) is 24.3 Å². The molecule has 0 amide bonds. The van der Waals surface area contributed by atoms with E-state index in [0.29, 0.717) is 16.9 Å². The number of aliphatic carboxylic acids is 1. The molecule has 0 aromatic carbocycles. The van der Waals surface area contributed by atoms with Gasteiger partial charge in [-0.25, -0.2) is 9.59 Å². The van der Waals surface area contributed by atoms with Gasteiger partial charge in [0.2, 0.25) is 0 Å². The van der Waals surface area contributed by atoms with E-state index >= 15 is 0 Å². The predicted molar refractivity (Wildman–Crippen MR) is 109 cm³/mol. The van der Waals surface area contributed by atoms with Crippen molar-refractivity contribution in [2.24, 2.45) is 16.7 Å². The fourth-order valence-electron chi connectivity index (χ4n) is 4.35. The zero-order valence-corrected chi connectivity index (χ0v) is 17.8. The van der Waals surface area contributed by atoms with Crippen LogP contribution in [0, 0.1) is 16.7 Å². The first kappa shape index (κ1) is 23.5. The van der Waals surface area contributed by atoms with E-state index in [2.05, 4.69) is 34.3 Å². The quantitative estimate of drug-likeness (QED) is 0.460. The van der Waals surface area contributed by atoms with E-state index in [9.17, 15) is 9.59 Å². The van der Waals surface area contributed by atoms with Crippen molar-refractivity contribution in [3.63, 3.8) is 0 Å². The molecule has 0 spiro atoms. The Balaban J connectivity index is 0.000000271. The van der Waals surface area contributed by atoms with Crippen molar-refractivity contribution in [3.8, 4) is 0 Å². The van der Waals surface area contributed by atoms with Crippen molar-refractivity contribution in [2.75, 3.05) is 0 Å². The van der Waals surface area contributed by atoms with Gasteiger partial charge in [-0.05, 0) is 56.8 Å². The van der Waals surface area contributed by atoms with Gasteiger partial charge in [-0.1, -0.05) is 53.2 Å². The SMILES string of the molecule is C=CC(=O)OC1CCCC1(C)CC.CCC1(C)CCCC1C=C(C)C(=O)O. The minimum Gasteiger partial charge on any atom is -0.478 e. The van der Waals surface area contributed by atoms with Crippen molar-refractivity contribution < 1.29 is 19.4 Å². The van der Waals surface area contributed by atoms with Gasteiger partial charge in [0.15, 0.2) is 0 Å². The van der Waals surface area contributed by atoms with Gasteiger partial charge in [0.25, 0.3) is 0 Å². The Morgan fingerprint density at radius 3 is 2.19 bits per heavy atom. The third-order valence-electron chi connectivity index (χ3n) is 6.98. The molecule has 27 heavy (non-hydrogen) atoms. The van der Waals surface area contributed by atoms with Gasteiger partial charge in [-0.15, -0.1) is 0 Å². The van der Waals surface area contributed by atoms with Gasteiger partial charge in [0.1, 0.15) is 6.10 Å². The monoisotopic (exact) mass is 378 g/mol. The molecule has 0 saturated heterocycles. The van der Waals surface area contributed by atoms with E-state index in [-0.39, 0.29) is 17.5 Å². The van der Waals surface area contributed by atoms with Gasteiger partial charge >= 0.3 is 11.9 Å². The number of carbonyl (C=O) groups is 2. The Labute approximate surface area is 165 Å². The molecular weight excluding hydrogens is 340 g/mol. The van der Waals surface area contributed by atoms with Crippen molar-refractivity contribution in [1.29, 1.82) is 0 Å². The molecular formula is C23H38O4. The highest BCUT2D eigenvalue weighted by molar-refractivity contribution is 5.85. The van der Waals surface area contributed by atoms with Crippen LogP contribution in [-0.4, -0.2) is 23.1 Å². The number of allylic oxidation sites excluding steroid dienone is 1. The van der Waals surface area contributed by atoms with Crippen molar-refractivity contribution in [2.45, 2.75) is 92.1 Å². The molecule has 2 saturated carbocycles. The fraction of sp³-hybridized carbons (Fsp3) is 0.739. The lowest BCUT2D eigenvalue weighted by Gasteiger charge is -2.29. The zero-order chi connectivity index (χ0) is 20.7. The maximum Gasteiger partial charge on any atom is 0.330 e. The molecule has 2 aliphatic carbocycles. The molecule has 0 bridgehead atoms. The number of hydrogen-bond acceptors (Lipinski definition) is 3. The Bertz CT molecular complexity index is 565. The normalized spacial score (nSPS) is 33.1. The van der Waals surface area contributed by atoms with Crippen LogP contribution in [0.3, 0.4) is 0 Å². The third kappa shape index (κ3) is 6.22. The van der Waals surface area contributed by atoms with Crippen LogP contribution in [0.4, 0.5) is 0 Å². The molecule has 154 valence electrons. The molecule has 0 radical (unpaired) electrons. The summed E-state index contributed by atoms with van der Waals surface area (Å²) in [5.41, 5.74) is 1.02. The number of carbonyl (C=O) groups excluding carboxylic acids is 1. The second-order valence-electron chi connectivity index (χ2n) is 8.69. The second kappa shape index (κ2) is 10.1. The van der Waals surface area contributed by atoms with Crippen LogP contribution < -0.4 is 0 Å². The summed E-state index contributed by atoms with van der Waals surface area (Å²) in [6.45, 7) is 13.9. The van der Waals surface area contributed by atoms with Crippen molar-refractivity contribution in [1.82, 2.24) is 0 Å². The van der Waals surface area contributed by atoms with Crippen LogP contribution >= 0.6 is 0 Å². The number of esters is 1. The van der Waals surface area contributed by atoms with Crippen LogP contribution in [0.1, 0.15) is 86.0 Å². The summed E-state index contributed by atoms with van der Waals surface area (Å²) in [4.78, 5) is 21.7. The number of carboxylic acid groups (broad SMARTS) is 1. The molecule has 4 unspecified atom stereocenters. The topological polar surface area (TPSA) is 63.6 Å². The summed E-state index contributed by atoms with van der Waals surface area (Å²) in [7, 11) is 0. The molecule has 2 aliphatic rings. The van der Waals surface area contributed by atoms with Crippen LogP contribution in [0.2, 0.25) is 0 Å². The molecule has 4 heteroatoms. The highest BCUT2D eigenvalue weighted by Crippen LogP contribution is 2.46. The molecule has 0 aliphatic heterocycles. The average Bonchev–Trinajstić information content (AvgIpc) is 3.19. The second-order valence-corrected chi connectivity index (χ2v) is 8.69. The standard InChI is InChI=1S/C12H20O2.C11H18O2/c1-4-12(3)7-5-6-10(12)8-9(2)11(13)14;1-4-10(12)13-9-7-6-8-11(9,3)5-2/h8,10H,4-7H2,1-3H3,(H,13,14);4,9H,1,5-8H2,2-3H3. The van der Waals surface area contributed by atoms with E-state index in [1.54, 1.807) is 6.92 Å². The fourth-order valence-corrected chi connectivity index (χ4v) is 4.35. The molecule has 0 aromatic rings. The molecule has 1 N–H and O–H groups in total. The van der Waals surface area contributed by atoms with Crippen LogP contribution in [-0.2, 0) is 14.3 Å². The maximum absolute atomic E-state index is 11.0. The Morgan fingerprint density at radius 1 is 1.11 bits per heavy atom. The van der Waals surface area contributed by atoms with Gasteiger partial charge in [-0.2, -0.15) is 0 Å². The highest BCUT2D eigenvalue weighted by Gasteiger charge is 2.39. The highest BCUT2D eigenvalue weighted by atomic mass is 16.5. The van der Waals surface area contributed by atoms with Gasteiger partial charge in [-0.3, -0.25) is 0 Å². The lowest BCUT2D eigenvalue weighted by molar-refractivity contribution is -0.148. The summed E-state index contributed by atoms with van der Waals surface area (Å²) in [6, 6.07) is 0. The molecule has 2 fully saturated rings. The first-order chi connectivity index (χ1) is 12.6. The van der Waals surface area contributed by atoms with Gasteiger partial charge < -0.3 is 9.84 Å². The number of ether oxygens (including phenoxy) is 1. The Morgan fingerprint density at radius 2 is 1.67 bits per heavy atom. The molecule has 0 aromatic heterocycles. The molecule has 0 heterocycles. The van der Waals surface area contributed by atoms with Gasteiger partial charge in [0.05, 0.1) is 0 Å². The lowest BCUT2D eigenvalue weighted by Crippen LogP contribution is -2.30. The molecule has 2 rings (SSSR count). The summed E-state index contributed by atoms with van der Waals surface area (Å²) < 4.78 is 5.31. The first-order valence-electron chi connectivity index (χ1n) is 10.4. The van der Waals surface area contributed by atoms with Crippen LogP contribution in [0.5, 0.6) is 0 Å². The number of carboxylic acids is 1. The zero-order valence-electron chi connectivity index (χ0n) is 17.8. The van der Waals surface area contributed by atoms with E-state index in [0.717, 1.165) is 25.7 Å². The largest absolute Gasteiger partial charge is 0.478 e. The van der Waals surface area contributed by atoms with Crippen molar-refractivity contribution >= 4 is 11.9 Å². The number of rotatable bonds is 6. The summed E-state index contributed by atoms with van der Waals surface area (Å²) in [5, 5.41) is 8.82. The van der Waals surface area contributed by atoms with Gasteiger partial charge in [0, 0.05) is 17.1 Å². The number of hydrogen-bond donors (Lipinski definition) is 1. The van der Waals surface area contributed by atoms with E-state index in [1.165, 1.54) is 31.8 Å². The van der Waals surface area contributed by atoms with E-state index in [1.807, 2.05) is 6.08 Å². The third-order valence-corrected chi connectivity index (χ3v) is 6.98. The Hall–Kier alpha value is -1.58. The van der Waals surface area contributed by atoms with E-state index in [4.69, 9.17) is 9.84 Å². The smallest absolute Gasteiger partial charge is 0.330 e. The van der Waals surface area contributed by atoms with E-state index < -0.39 is 5.97 Å². The lowest BCUT2D eigenvalue weighted by atomic mass is 9.77. The van der Waals surface area contributed by atoms with Crippen LogP contribution in [0.25, 0.3) is 0 Å². The average molecular weight is 379 g/mol. The maximum atomic E-state index is 11.0. The minimum absolute atomic E-state index is 0.1000. The summed E-state index contributed by atoms with van der Waals surface area (Å²) in [6.07, 6.45) is 12.5.